The fourth-order valence-corrected chi connectivity index (χ4v) is 3.71. The van der Waals surface area contributed by atoms with Crippen LogP contribution in [0.3, 0.4) is 0 Å². The fourth-order valence-electron chi connectivity index (χ4n) is 2.16. The van der Waals surface area contributed by atoms with Crippen molar-refractivity contribution in [1.82, 2.24) is 4.57 Å². The van der Waals surface area contributed by atoms with Gasteiger partial charge in [0.1, 0.15) is 11.4 Å². The first-order valence-corrected chi connectivity index (χ1v) is 7.57. The predicted octanol–water partition coefficient (Wildman–Crippen LogP) is 1.08. The number of nitrogens with zero attached hydrogens (tertiary/aromatic N) is 2. The summed E-state index contributed by atoms with van der Waals surface area (Å²) in [5.74, 6) is -2.05. The molecule has 9 heteroatoms. The van der Waals surface area contributed by atoms with Crippen molar-refractivity contribution in [3.63, 3.8) is 0 Å². The largest absolute Gasteiger partial charge is 0.493 e. The molecule has 0 fully saturated rings. The molecule has 0 spiro atoms. The summed E-state index contributed by atoms with van der Waals surface area (Å²) in [6.07, 6.45) is 0. The molecular weight excluding hydrogens is 348 g/mol. The number of halogens is 1. The van der Waals surface area contributed by atoms with Gasteiger partial charge in [0.25, 0.3) is 5.91 Å². The van der Waals surface area contributed by atoms with Crippen molar-refractivity contribution in [2.75, 3.05) is 0 Å². The van der Waals surface area contributed by atoms with Gasteiger partial charge >= 0.3 is 5.97 Å². The number of aliphatic carboxylic acids is 1. The highest BCUT2D eigenvalue weighted by Crippen LogP contribution is 2.32. The Balaban J connectivity index is 2.32. The molecule has 3 rings (SSSR count). The number of aromatic hydroxyl groups is 1. The van der Waals surface area contributed by atoms with Crippen LogP contribution in [0.2, 0.25) is 5.02 Å². The quantitative estimate of drug-likeness (QED) is 0.805. The van der Waals surface area contributed by atoms with Crippen LogP contribution in [0.15, 0.2) is 23.2 Å². The molecule has 1 amide bonds. The summed E-state index contributed by atoms with van der Waals surface area (Å²) >= 11 is 12.0. The SMILES string of the molecule is O=C(O)Cn1c(O)c(C2=c3cccc(Cl)c3=NC2=O)sc1=S. The number of rotatable bonds is 3. The van der Waals surface area contributed by atoms with Crippen LogP contribution in [0.4, 0.5) is 0 Å². The van der Waals surface area contributed by atoms with Gasteiger partial charge in [-0.15, -0.1) is 11.3 Å². The molecule has 0 saturated carbocycles. The number of fused-ring (bicyclic) bond motifs is 1. The van der Waals surface area contributed by atoms with E-state index in [-0.39, 0.29) is 20.3 Å². The summed E-state index contributed by atoms with van der Waals surface area (Å²) in [6.45, 7) is -0.484. The first-order valence-electron chi connectivity index (χ1n) is 5.97. The third-order valence-electron chi connectivity index (χ3n) is 3.07. The average molecular weight is 355 g/mol. The van der Waals surface area contributed by atoms with Gasteiger partial charge in [0.2, 0.25) is 5.88 Å². The van der Waals surface area contributed by atoms with Gasteiger partial charge < -0.3 is 10.2 Å². The van der Waals surface area contributed by atoms with E-state index < -0.39 is 18.4 Å². The Morgan fingerprint density at radius 3 is 2.86 bits per heavy atom. The molecule has 112 valence electrons. The van der Waals surface area contributed by atoms with E-state index in [2.05, 4.69) is 4.99 Å². The minimum Gasteiger partial charge on any atom is -0.493 e. The lowest BCUT2D eigenvalue weighted by atomic mass is 10.1. The first-order chi connectivity index (χ1) is 10.4. The standard InChI is InChI=1S/C13H7ClN2O4S2/c14-6-3-1-2-5-8(11(19)15-9(5)6)10-12(20)16(4-7(17)18)13(21)22-10/h1-3,20H,4H2,(H,17,18). The van der Waals surface area contributed by atoms with Gasteiger partial charge in [-0.05, 0) is 18.3 Å². The minimum absolute atomic E-state index is 0.158. The monoisotopic (exact) mass is 354 g/mol. The second kappa shape index (κ2) is 5.31. The molecule has 2 aromatic rings. The Kier molecular flexibility index (Phi) is 3.59. The van der Waals surface area contributed by atoms with E-state index >= 15 is 0 Å². The lowest BCUT2D eigenvalue weighted by Crippen LogP contribution is -2.23. The number of para-hydroxylation sites is 1. The topological polar surface area (TPSA) is 91.9 Å². The minimum atomic E-state index is -1.15. The van der Waals surface area contributed by atoms with Crippen LogP contribution in [0.1, 0.15) is 4.88 Å². The van der Waals surface area contributed by atoms with Gasteiger partial charge in [-0.25, -0.2) is 4.99 Å². The summed E-state index contributed by atoms with van der Waals surface area (Å²) in [5.41, 5.74) is 0.176. The molecule has 1 aliphatic rings. The van der Waals surface area contributed by atoms with Crippen molar-refractivity contribution in [2.24, 2.45) is 4.99 Å². The molecule has 1 aliphatic heterocycles. The number of benzene rings is 1. The van der Waals surface area contributed by atoms with Crippen LogP contribution in [0.5, 0.6) is 5.88 Å². The molecule has 0 saturated heterocycles. The third-order valence-corrected chi connectivity index (χ3v) is 4.83. The number of carboxylic acid groups (broad SMARTS) is 1. The summed E-state index contributed by atoms with van der Waals surface area (Å²) in [5, 5.41) is 20.2. The van der Waals surface area contributed by atoms with E-state index in [1.807, 2.05) is 0 Å². The summed E-state index contributed by atoms with van der Waals surface area (Å²) < 4.78 is 1.21. The summed E-state index contributed by atoms with van der Waals surface area (Å²) in [4.78, 5) is 27.1. The Labute approximate surface area is 137 Å². The molecule has 6 nitrogen and oxygen atoms in total. The lowest BCUT2D eigenvalue weighted by molar-refractivity contribution is -0.137. The molecule has 0 bridgehead atoms. The van der Waals surface area contributed by atoms with E-state index in [0.29, 0.717) is 15.6 Å². The molecular formula is C13H7ClN2O4S2. The van der Waals surface area contributed by atoms with Crippen molar-refractivity contribution >= 4 is 52.6 Å². The average Bonchev–Trinajstić information content (AvgIpc) is 2.90. The van der Waals surface area contributed by atoms with E-state index in [1.54, 1.807) is 18.2 Å². The second-order valence-corrected chi connectivity index (χ2v) is 6.48. The number of aromatic nitrogens is 1. The van der Waals surface area contributed by atoms with Crippen LogP contribution in [0, 0.1) is 3.95 Å². The molecule has 0 atom stereocenters. The van der Waals surface area contributed by atoms with Gasteiger partial charge in [0, 0.05) is 5.22 Å². The van der Waals surface area contributed by atoms with Crippen molar-refractivity contribution in [2.45, 2.75) is 6.54 Å². The van der Waals surface area contributed by atoms with E-state index in [9.17, 15) is 14.7 Å². The van der Waals surface area contributed by atoms with Crippen molar-refractivity contribution in [3.8, 4) is 5.88 Å². The predicted molar refractivity (Wildman–Crippen MR) is 82.2 cm³/mol. The van der Waals surface area contributed by atoms with Gasteiger partial charge in [-0.1, -0.05) is 23.7 Å². The third kappa shape index (κ3) is 2.25. The maximum atomic E-state index is 12.2. The van der Waals surface area contributed by atoms with Gasteiger partial charge in [0.05, 0.1) is 16.0 Å². The Morgan fingerprint density at radius 2 is 2.18 bits per heavy atom. The molecule has 0 aliphatic carbocycles. The molecule has 22 heavy (non-hydrogen) atoms. The van der Waals surface area contributed by atoms with Crippen LogP contribution in [0.25, 0.3) is 5.57 Å². The zero-order chi connectivity index (χ0) is 16.0. The van der Waals surface area contributed by atoms with Crippen molar-refractivity contribution in [3.05, 3.63) is 42.6 Å². The maximum Gasteiger partial charge on any atom is 0.323 e. The Morgan fingerprint density at radius 1 is 1.45 bits per heavy atom. The number of carbonyl (C=O) groups is 2. The van der Waals surface area contributed by atoms with E-state index in [1.165, 1.54) is 0 Å². The van der Waals surface area contributed by atoms with Crippen molar-refractivity contribution < 1.29 is 19.8 Å². The van der Waals surface area contributed by atoms with Gasteiger partial charge in [0.15, 0.2) is 3.95 Å². The number of carbonyl (C=O) groups excluding carboxylic acids is 1. The zero-order valence-corrected chi connectivity index (χ0v) is 13.1. The molecule has 2 N–H and O–H groups in total. The lowest BCUT2D eigenvalue weighted by Gasteiger charge is -2.01. The number of amides is 1. The Hall–Kier alpha value is -2.03. The van der Waals surface area contributed by atoms with Gasteiger partial charge in [-0.2, -0.15) is 0 Å². The fraction of sp³-hybridized carbons (Fsp3) is 0.0769. The molecule has 1 aromatic heterocycles. The number of hydrogen-bond donors (Lipinski definition) is 2. The van der Waals surface area contributed by atoms with E-state index in [4.69, 9.17) is 28.9 Å². The second-order valence-electron chi connectivity index (χ2n) is 4.43. The normalized spacial score (nSPS) is 13.1. The highest BCUT2D eigenvalue weighted by Gasteiger charge is 2.26. The van der Waals surface area contributed by atoms with E-state index in [0.717, 1.165) is 15.9 Å². The Bertz CT molecular complexity index is 1010. The smallest absolute Gasteiger partial charge is 0.323 e. The highest BCUT2D eigenvalue weighted by atomic mass is 35.5. The number of hydrogen-bond acceptors (Lipinski definition) is 5. The van der Waals surface area contributed by atoms with Gasteiger partial charge in [-0.3, -0.25) is 14.2 Å². The molecule has 0 radical (unpaired) electrons. The van der Waals surface area contributed by atoms with Crippen LogP contribution in [-0.4, -0.2) is 26.7 Å². The molecule has 0 unspecified atom stereocenters. The van der Waals surface area contributed by atoms with Crippen LogP contribution < -0.4 is 10.6 Å². The number of carboxylic acids is 1. The van der Waals surface area contributed by atoms with Crippen LogP contribution >= 0.6 is 35.2 Å². The highest BCUT2D eigenvalue weighted by molar-refractivity contribution is 7.73. The maximum absolute atomic E-state index is 12.2. The zero-order valence-electron chi connectivity index (χ0n) is 10.7. The molecule has 2 heterocycles. The number of thiazole rings is 1. The first kappa shape index (κ1) is 14.9. The summed E-state index contributed by atoms with van der Waals surface area (Å²) in [7, 11) is 0. The summed E-state index contributed by atoms with van der Waals surface area (Å²) in [6, 6.07) is 4.94. The molecule has 1 aromatic carbocycles. The van der Waals surface area contributed by atoms with Crippen LogP contribution in [-0.2, 0) is 16.1 Å². The van der Waals surface area contributed by atoms with Crippen molar-refractivity contribution in [1.29, 1.82) is 0 Å².